The number of allylic oxidation sites excluding steroid dienone is 18. The van der Waals surface area contributed by atoms with Crippen molar-refractivity contribution in [2.24, 2.45) is 0 Å². The molecule has 374 valence electrons. The molecular weight excluding hydrogens is 817 g/mol. The molecule has 1 atom stereocenters. The van der Waals surface area contributed by atoms with Crippen molar-refractivity contribution in [2.75, 3.05) is 13.2 Å². The van der Waals surface area contributed by atoms with Gasteiger partial charge in [-0.05, 0) is 96.3 Å². The molecule has 0 saturated carbocycles. The second-order valence-corrected chi connectivity index (χ2v) is 17.5. The summed E-state index contributed by atoms with van der Waals surface area (Å²) in [4.78, 5) is 38.1. The van der Waals surface area contributed by atoms with Crippen LogP contribution in [0.5, 0.6) is 0 Å². The molecule has 0 amide bonds. The number of carbonyl (C=O) groups is 3. The van der Waals surface area contributed by atoms with Gasteiger partial charge in [-0.1, -0.05) is 226 Å². The first-order valence-corrected chi connectivity index (χ1v) is 27.0. The summed E-state index contributed by atoms with van der Waals surface area (Å²) < 4.78 is 16.8. The fourth-order valence-corrected chi connectivity index (χ4v) is 7.07. The number of hydrogen-bond donors (Lipinski definition) is 0. The van der Waals surface area contributed by atoms with Crippen LogP contribution in [0.3, 0.4) is 0 Å². The van der Waals surface area contributed by atoms with Gasteiger partial charge in [0.25, 0.3) is 0 Å². The van der Waals surface area contributed by atoms with E-state index < -0.39 is 6.10 Å². The zero-order chi connectivity index (χ0) is 47.9. The minimum Gasteiger partial charge on any atom is -0.462 e. The van der Waals surface area contributed by atoms with Crippen LogP contribution in [0.15, 0.2) is 109 Å². The Labute approximate surface area is 406 Å². The Morgan fingerprint density at radius 3 is 1.14 bits per heavy atom. The van der Waals surface area contributed by atoms with Crippen molar-refractivity contribution in [1.82, 2.24) is 0 Å². The maximum absolute atomic E-state index is 12.8. The molecule has 0 bridgehead atoms. The van der Waals surface area contributed by atoms with Gasteiger partial charge in [-0.2, -0.15) is 0 Å². The lowest BCUT2D eigenvalue weighted by atomic mass is 10.1. The van der Waals surface area contributed by atoms with Crippen molar-refractivity contribution in [1.29, 1.82) is 0 Å². The molecule has 0 aromatic rings. The third kappa shape index (κ3) is 51.1. The van der Waals surface area contributed by atoms with E-state index in [1.54, 1.807) is 0 Å². The molecule has 0 heterocycles. The number of esters is 3. The molecule has 0 aliphatic rings. The normalized spacial score (nSPS) is 13.0. The maximum atomic E-state index is 12.8. The van der Waals surface area contributed by atoms with Gasteiger partial charge in [0, 0.05) is 19.3 Å². The Balaban J connectivity index is 4.50. The van der Waals surface area contributed by atoms with Crippen LogP contribution in [0.4, 0.5) is 0 Å². The Hall–Kier alpha value is -3.93. The van der Waals surface area contributed by atoms with Crippen molar-refractivity contribution in [3.8, 4) is 0 Å². The van der Waals surface area contributed by atoms with Gasteiger partial charge in [0.15, 0.2) is 6.10 Å². The van der Waals surface area contributed by atoms with Crippen molar-refractivity contribution in [3.05, 3.63) is 109 Å². The lowest BCUT2D eigenvalue weighted by Gasteiger charge is -2.18. The fraction of sp³-hybridized carbons (Fsp3) is 0.650. The highest BCUT2D eigenvalue weighted by atomic mass is 16.6. The van der Waals surface area contributed by atoms with Gasteiger partial charge in [0.1, 0.15) is 13.2 Å². The fourth-order valence-electron chi connectivity index (χ4n) is 7.07. The lowest BCUT2D eigenvalue weighted by Crippen LogP contribution is -2.30. The van der Waals surface area contributed by atoms with Crippen LogP contribution < -0.4 is 0 Å². The highest BCUT2D eigenvalue weighted by Crippen LogP contribution is 2.14. The number of rotatable bonds is 47. The van der Waals surface area contributed by atoms with Crippen LogP contribution in [0, 0.1) is 0 Å². The van der Waals surface area contributed by atoms with Crippen LogP contribution in [0.2, 0.25) is 0 Å². The zero-order valence-corrected chi connectivity index (χ0v) is 42.7. The summed E-state index contributed by atoms with van der Waals surface area (Å²) in [5.74, 6) is -0.960. The molecule has 0 saturated heterocycles. The average Bonchev–Trinajstić information content (AvgIpc) is 3.31. The van der Waals surface area contributed by atoms with E-state index in [9.17, 15) is 14.4 Å². The molecule has 0 aliphatic heterocycles. The van der Waals surface area contributed by atoms with Crippen LogP contribution in [0.1, 0.15) is 233 Å². The monoisotopic (exact) mass is 915 g/mol. The van der Waals surface area contributed by atoms with Gasteiger partial charge in [-0.3, -0.25) is 14.4 Å². The number of ether oxygens (including phenoxy) is 3. The third-order valence-electron chi connectivity index (χ3n) is 11.1. The highest BCUT2D eigenvalue weighted by Gasteiger charge is 2.19. The highest BCUT2D eigenvalue weighted by molar-refractivity contribution is 5.71. The van der Waals surface area contributed by atoms with Gasteiger partial charge in [0.05, 0.1) is 0 Å². The first kappa shape index (κ1) is 62.1. The molecule has 66 heavy (non-hydrogen) atoms. The molecule has 0 fully saturated rings. The summed E-state index contributed by atoms with van der Waals surface area (Å²) in [5, 5.41) is 0. The number of hydrogen-bond acceptors (Lipinski definition) is 6. The first-order chi connectivity index (χ1) is 32.5. The van der Waals surface area contributed by atoms with Crippen LogP contribution in [-0.2, 0) is 28.6 Å². The first-order valence-electron chi connectivity index (χ1n) is 27.0. The van der Waals surface area contributed by atoms with E-state index in [1.807, 2.05) is 24.3 Å². The van der Waals surface area contributed by atoms with Crippen LogP contribution >= 0.6 is 0 Å². The smallest absolute Gasteiger partial charge is 0.306 e. The SMILES string of the molecule is CC/C=C\C/C=C\C/C=C\CCCCCCC(=O)OCC(COC(=O)CCCCCCC\C=C/C=C\C=C/C=C\C=C/CCC)OC(=O)CCCCCCC/C=C\CCCCCCCCC. The molecule has 1 unspecified atom stereocenters. The van der Waals surface area contributed by atoms with E-state index in [0.29, 0.717) is 19.3 Å². The van der Waals surface area contributed by atoms with Gasteiger partial charge < -0.3 is 14.2 Å². The largest absolute Gasteiger partial charge is 0.462 e. The molecule has 6 nitrogen and oxygen atoms in total. The Bertz CT molecular complexity index is 1370. The summed E-state index contributed by atoms with van der Waals surface area (Å²) in [6.07, 6.45) is 72.1. The lowest BCUT2D eigenvalue weighted by molar-refractivity contribution is -0.167. The predicted molar refractivity (Wildman–Crippen MR) is 283 cm³/mol. The van der Waals surface area contributed by atoms with Crippen molar-refractivity contribution >= 4 is 17.9 Å². The summed E-state index contributed by atoms with van der Waals surface area (Å²) >= 11 is 0. The molecule has 0 spiro atoms. The zero-order valence-electron chi connectivity index (χ0n) is 42.7. The summed E-state index contributed by atoms with van der Waals surface area (Å²) in [5.41, 5.74) is 0. The molecule has 0 aliphatic carbocycles. The molecule has 0 rings (SSSR count). The van der Waals surface area contributed by atoms with Crippen molar-refractivity contribution in [3.63, 3.8) is 0 Å². The van der Waals surface area contributed by atoms with E-state index in [-0.39, 0.29) is 31.1 Å². The average molecular weight is 915 g/mol. The van der Waals surface area contributed by atoms with Crippen molar-refractivity contribution < 1.29 is 28.6 Å². The molecule has 0 N–H and O–H groups in total. The quantitative estimate of drug-likeness (QED) is 0.0199. The van der Waals surface area contributed by atoms with Gasteiger partial charge in [-0.15, -0.1) is 0 Å². The molecule has 0 aromatic carbocycles. The Kier molecular flexibility index (Phi) is 50.5. The Morgan fingerprint density at radius 1 is 0.333 bits per heavy atom. The molecular formula is C60H98O6. The summed E-state index contributed by atoms with van der Waals surface area (Å²) in [6.45, 7) is 6.38. The standard InChI is InChI=1S/C60H98O6/c1-4-7-10-13-16-19-22-25-28-30-31-33-35-38-41-44-47-50-53-59(62)65-56-57(55-64-58(61)52-49-46-43-40-37-34-27-24-21-18-15-12-9-6-3)66-60(63)54-51-48-45-42-39-36-32-29-26-23-20-17-14-11-8-5-2/h9-10,12-13,16,18-19,21-22,25,27-34,57H,4-8,11,14-15,17,20,23-24,26,35-56H2,1-3H3/b12-9-,13-10-,19-16-,21-18-,25-22-,30-28-,32-29-,33-31-,34-27-. The number of carbonyl (C=O) groups excluding carboxylic acids is 3. The minimum atomic E-state index is -0.804. The summed E-state index contributed by atoms with van der Waals surface area (Å²) in [6, 6.07) is 0. The van der Waals surface area contributed by atoms with E-state index in [2.05, 4.69) is 106 Å². The van der Waals surface area contributed by atoms with E-state index in [4.69, 9.17) is 14.2 Å². The minimum absolute atomic E-state index is 0.103. The van der Waals surface area contributed by atoms with E-state index in [1.165, 1.54) is 64.2 Å². The second kappa shape index (κ2) is 53.7. The van der Waals surface area contributed by atoms with Crippen LogP contribution in [0.25, 0.3) is 0 Å². The van der Waals surface area contributed by atoms with E-state index in [0.717, 1.165) is 128 Å². The second-order valence-electron chi connectivity index (χ2n) is 17.5. The number of unbranched alkanes of at least 4 members (excludes halogenated alkanes) is 22. The van der Waals surface area contributed by atoms with Gasteiger partial charge in [0.2, 0.25) is 0 Å². The molecule has 0 aromatic heterocycles. The summed E-state index contributed by atoms with van der Waals surface area (Å²) in [7, 11) is 0. The predicted octanol–water partition coefficient (Wildman–Crippen LogP) is 17.9. The third-order valence-corrected chi connectivity index (χ3v) is 11.1. The van der Waals surface area contributed by atoms with Gasteiger partial charge in [-0.25, -0.2) is 0 Å². The molecule has 6 heteroatoms. The van der Waals surface area contributed by atoms with Gasteiger partial charge >= 0.3 is 17.9 Å². The van der Waals surface area contributed by atoms with E-state index >= 15 is 0 Å². The topological polar surface area (TPSA) is 78.9 Å². The maximum Gasteiger partial charge on any atom is 0.306 e. The van der Waals surface area contributed by atoms with Crippen LogP contribution in [-0.4, -0.2) is 37.2 Å². The van der Waals surface area contributed by atoms with Crippen molar-refractivity contribution in [2.45, 2.75) is 239 Å². The molecule has 0 radical (unpaired) electrons. The Morgan fingerprint density at radius 2 is 0.682 bits per heavy atom.